The average molecular weight is 249 g/mol. The molecular weight excluding hydrogens is 233 g/mol. The predicted molar refractivity (Wildman–Crippen MR) is 64.8 cm³/mol. The summed E-state index contributed by atoms with van der Waals surface area (Å²) in [6.07, 6.45) is 3.17. The fraction of sp³-hybridized carbons (Fsp3) is 0.500. The molecule has 3 nitrogen and oxygen atoms in total. The van der Waals surface area contributed by atoms with E-state index in [1.54, 1.807) is 6.07 Å². The van der Waals surface area contributed by atoms with Gasteiger partial charge >= 0.3 is 5.97 Å². The first-order valence-corrected chi connectivity index (χ1v) is 6.44. The van der Waals surface area contributed by atoms with Crippen LogP contribution in [0.5, 0.6) is 0 Å². The molecule has 3 rings (SSSR count). The highest BCUT2D eigenvalue weighted by atomic mass is 19.1. The van der Waals surface area contributed by atoms with E-state index in [0.717, 1.165) is 36.9 Å². The van der Waals surface area contributed by atoms with E-state index in [2.05, 4.69) is 0 Å². The maximum Gasteiger partial charge on any atom is 0.320 e. The topological polar surface area (TPSA) is 40.5 Å². The van der Waals surface area contributed by atoms with E-state index in [9.17, 15) is 14.3 Å². The van der Waals surface area contributed by atoms with Gasteiger partial charge in [-0.2, -0.15) is 0 Å². The highest BCUT2D eigenvalue weighted by molar-refractivity contribution is 5.74. The number of carbonyl (C=O) groups is 1. The minimum absolute atomic E-state index is 0.0827. The normalized spacial score (nSPS) is 27.4. The molecule has 0 saturated carbocycles. The van der Waals surface area contributed by atoms with Crippen LogP contribution >= 0.6 is 0 Å². The van der Waals surface area contributed by atoms with Gasteiger partial charge < -0.3 is 5.11 Å². The Morgan fingerprint density at radius 1 is 1.39 bits per heavy atom. The fourth-order valence-electron chi connectivity index (χ4n) is 3.36. The number of carboxylic acids is 1. The van der Waals surface area contributed by atoms with Crippen molar-refractivity contribution in [1.29, 1.82) is 0 Å². The van der Waals surface area contributed by atoms with Gasteiger partial charge in [0.05, 0.1) is 0 Å². The monoisotopic (exact) mass is 249 g/mol. The molecule has 2 aliphatic rings. The van der Waals surface area contributed by atoms with Gasteiger partial charge in [0.2, 0.25) is 0 Å². The van der Waals surface area contributed by atoms with Crippen LogP contribution in [0, 0.1) is 5.82 Å². The fourth-order valence-corrected chi connectivity index (χ4v) is 3.36. The van der Waals surface area contributed by atoms with Gasteiger partial charge in [0.25, 0.3) is 0 Å². The van der Waals surface area contributed by atoms with Crippen LogP contribution in [0.1, 0.15) is 36.4 Å². The molecule has 1 fully saturated rings. The zero-order valence-electron chi connectivity index (χ0n) is 10.1. The summed E-state index contributed by atoms with van der Waals surface area (Å²) in [5.41, 5.74) is 1.77. The molecule has 0 radical (unpaired) electrons. The lowest BCUT2D eigenvalue weighted by Crippen LogP contribution is -2.38. The van der Waals surface area contributed by atoms with Gasteiger partial charge in [-0.1, -0.05) is 12.1 Å². The predicted octanol–water partition coefficient (Wildman–Crippen LogP) is 2.36. The summed E-state index contributed by atoms with van der Waals surface area (Å²) in [6.45, 7) is 0.803. The Kier molecular flexibility index (Phi) is 2.82. The number of rotatable bonds is 2. The number of benzene rings is 1. The van der Waals surface area contributed by atoms with E-state index in [1.165, 1.54) is 6.07 Å². The van der Waals surface area contributed by atoms with Gasteiger partial charge in [-0.05, 0) is 49.4 Å². The maximum atomic E-state index is 13.7. The van der Waals surface area contributed by atoms with Gasteiger partial charge in [0.15, 0.2) is 0 Å². The van der Waals surface area contributed by atoms with Crippen LogP contribution < -0.4 is 0 Å². The molecule has 2 unspecified atom stereocenters. The molecule has 18 heavy (non-hydrogen) atoms. The van der Waals surface area contributed by atoms with Gasteiger partial charge in [-0.15, -0.1) is 0 Å². The Morgan fingerprint density at radius 3 is 3.00 bits per heavy atom. The SMILES string of the molecule is O=C(O)C1CCCN1C1CCc2c(F)cccc21. The number of carboxylic acid groups (broad SMARTS) is 1. The molecule has 0 aromatic heterocycles. The first-order chi connectivity index (χ1) is 8.68. The van der Waals surface area contributed by atoms with Gasteiger partial charge in [-0.3, -0.25) is 9.69 Å². The molecule has 0 spiro atoms. The molecule has 1 N–H and O–H groups in total. The summed E-state index contributed by atoms with van der Waals surface area (Å²) in [4.78, 5) is 13.3. The Morgan fingerprint density at radius 2 is 2.22 bits per heavy atom. The van der Waals surface area contributed by atoms with Gasteiger partial charge in [0, 0.05) is 6.04 Å². The molecule has 0 amide bonds. The number of likely N-dealkylation sites (tertiary alicyclic amines) is 1. The van der Waals surface area contributed by atoms with E-state index < -0.39 is 12.0 Å². The lowest BCUT2D eigenvalue weighted by molar-refractivity contribution is -0.143. The standard InChI is InChI=1S/C14H16FNO2/c15-11-4-1-3-10-9(11)6-7-12(10)16-8-2-5-13(16)14(17)18/h1,3-4,12-13H,2,5-8H2,(H,17,18). The number of aliphatic carboxylic acids is 1. The minimum Gasteiger partial charge on any atom is -0.480 e. The Labute approximate surface area is 105 Å². The van der Waals surface area contributed by atoms with Crippen molar-refractivity contribution in [3.05, 3.63) is 35.1 Å². The molecule has 1 saturated heterocycles. The van der Waals surface area contributed by atoms with Crippen LogP contribution in [0.25, 0.3) is 0 Å². The summed E-state index contributed by atoms with van der Waals surface area (Å²) < 4.78 is 13.7. The molecule has 1 aromatic carbocycles. The van der Waals surface area contributed by atoms with Crippen LogP contribution in [0.15, 0.2) is 18.2 Å². The van der Waals surface area contributed by atoms with Crippen molar-refractivity contribution in [2.45, 2.75) is 37.8 Å². The molecule has 1 heterocycles. The number of fused-ring (bicyclic) bond motifs is 1. The molecule has 0 bridgehead atoms. The quantitative estimate of drug-likeness (QED) is 0.874. The Bertz CT molecular complexity index is 489. The average Bonchev–Trinajstić information content (AvgIpc) is 2.94. The van der Waals surface area contributed by atoms with Gasteiger partial charge in [-0.25, -0.2) is 4.39 Å². The van der Waals surface area contributed by atoms with E-state index >= 15 is 0 Å². The molecule has 1 aromatic rings. The first kappa shape index (κ1) is 11.7. The molecule has 96 valence electrons. The number of hydrogen-bond donors (Lipinski definition) is 1. The van der Waals surface area contributed by atoms with Crippen LogP contribution in [-0.2, 0) is 11.2 Å². The van der Waals surface area contributed by atoms with Crippen LogP contribution in [-0.4, -0.2) is 28.6 Å². The third-order valence-electron chi connectivity index (χ3n) is 4.16. The van der Waals surface area contributed by atoms with E-state index in [-0.39, 0.29) is 11.9 Å². The van der Waals surface area contributed by atoms with Crippen molar-refractivity contribution < 1.29 is 14.3 Å². The molecule has 4 heteroatoms. The second-order valence-electron chi connectivity index (χ2n) is 5.10. The zero-order chi connectivity index (χ0) is 12.7. The summed E-state index contributed by atoms with van der Waals surface area (Å²) in [7, 11) is 0. The summed E-state index contributed by atoms with van der Waals surface area (Å²) >= 11 is 0. The highest BCUT2D eigenvalue weighted by Gasteiger charge is 2.39. The summed E-state index contributed by atoms with van der Waals surface area (Å²) in [5.74, 6) is -0.904. The Hall–Kier alpha value is -1.42. The lowest BCUT2D eigenvalue weighted by Gasteiger charge is -2.28. The summed E-state index contributed by atoms with van der Waals surface area (Å²) in [6, 6.07) is 4.83. The zero-order valence-corrected chi connectivity index (χ0v) is 10.1. The third kappa shape index (κ3) is 1.72. The largest absolute Gasteiger partial charge is 0.480 e. The molecule has 2 atom stereocenters. The van der Waals surface area contributed by atoms with Crippen LogP contribution in [0.3, 0.4) is 0 Å². The number of halogens is 1. The minimum atomic E-state index is -0.752. The highest BCUT2D eigenvalue weighted by Crippen LogP contribution is 2.40. The van der Waals surface area contributed by atoms with Crippen molar-refractivity contribution in [2.24, 2.45) is 0 Å². The molecule has 1 aliphatic heterocycles. The van der Waals surface area contributed by atoms with Crippen molar-refractivity contribution in [3.8, 4) is 0 Å². The van der Waals surface area contributed by atoms with Gasteiger partial charge in [0.1, 0.15) is 11.9 Å². The van der Waals surface area contributed by atoms with E-state index in [0.29, 0.717) is 6.42 Å². The van der Waals surface area contributed by atoms with Crippen LogP contribution in [0.4, 0.5) is 4.39 Å². The van der Waals surface area contributed by atoms with Crippen molar-refractivity contribution in [3.63, 3.8) is 0 Å². The van der Waals surface area contributed by atoms with Crippen molar-refractivity contribution >= 4 is 5.97 Å². The molecule has 1 aliphatic carbocycles. The first-order valence-electron chi connectivity index (χ1n) is 6.44. The Balaban J connectivity index is 1.92. The second kappa shape index (κ2) is 4.35. The molecular formula is C14H16FNO2. The van der Waals surface area contributed by atoms with Crippen molar-refractivity contribution in [1.82, 2.24) is 4.90 Å². The number of nitrogens with zero attached hydrogens (tertiary/aromatic N) is 1. The van der Waals surface area contributed by atoms with Crippen LogP contribution in [0.2, 0.25) is 0 Å². The van der Waals surface area contributed by atoms with E-state index in [1.807, 2.05) is 11.0 Å². The maximum absolute atomic E-state index is 13.7. The lowest BCUT2D eigenvalue weighted by atomic mass is 10.1. The second-order valence-corrected chi connectivity index (χ2v) is 5.10. The number of hydrogen-bond acceptors (Lipinski definition) is 2. The van der Waals surface area contributed by atoms with Crippen molar-refractivity contribution in [2.75, 3.05) is 6.54 Å². The van der Waals surface area contributed by atoms with E-state index in [4.69, 9.17) is 0 Å². The third-order valence-corrected chi connectivity index (χ3v) is 4.16. The smallest absolute Gasteiger partial charge is 0.320 e. The summed E-state index contributed by atoms with van der Waals surface area (Å²) in [5, 5.41) is 9.23.